The zero-order valence-corrected chi connectivity index (χ0v) is 14.1. The number of aromatic nitrogens is 1. The summed E-state index contributed by atoms with van der Waals surface area (Å²) in [5.74, 6) is -0.535. The van der Waals surface area contributed by atoms with Crippen LogP contribution in [0.2, 0.25) is 0 Å². The lowest BCUT2D eigenvalue weighted by molar-refractivity contribution is -0.118. The molecule has 5 nitrogen and oxygen atoms in total. The molecule has 5 heteroatoms. The minimum Gasteiger partial charge on any atom is -0.370 e. The topological polar surface area (TPSA) is 79.2 Å². The van der Waals surface area contributed by atoms with E-state index in [1.807, 2.05) is 54.7 Å². The zero-order chi connectivity index (χ0) is 17.8. The van der Waals surface area contributed by atoms with Crippen molar-refractivity contribution in [1.82, 2.24) is 9.88 Å². The number of benzene rings is 2. The Morgan fingerprint density at radius 1 is 1.12 bits per heavy atom. The molecule has 3 N–H and O–H groups in total. The largest absolute Gasteiger partial charge is 0.370 e. The molecule has 0 aliphatic carbocycles. The van der Waals surface area contributed by atoms with Gasteiger partial charge < -0.3 is 15.6 Å². The van der Waals surface area contributed by atoms with Gasteiger partial charge in [-0.15, -0.1) is 0 Å². The van der Waals surface area contributed by atoms with Crippen molar-refractivity contribution in [2.75, 3.05) is 7.05 Å². The molecule has 0 spiro atoms. The van der Waals surface area contributed by atoms with E-state index in [1.165, 1.54) is 0 Å². The van der Waals surface area contributed by atoms with E-state index >= 15 is 0 Å². The van der Waals surface area contributed by atoms with Crippen LogP contribution in [0.3, 0.4) is 0 Å². The van der Waals surface area contributed by atoms with Gasteiger partial charge >= 0.3 is 0 Å². The number of hydrogen-bond acceptors (Lipinski definition) is 2. The maximum Gasteiger partial charge on any atom is 0.253 e. The molecule has 0 aliphatic rings. The molecule has 3 rings (SSSR count). The van der Waals surface area contributed by atoms with Crippen LogP contribution in [0.5, 0.6) is 0 Å². The number of hydrogen-bond donors (Lipinski definition) is 2. The predicted octanol–water partition coefficient (Wildman–Crippen LogP) is 2.73. The van der Waals surface area contributed by atoms with E-state index in [0.29, 0.717) is 12.0 Å². The number of nitrogens with zero attached hydrogens (tertiary/aromatic N) is 1. The third-order valence-corrected chi connectivity index (χ3v) is 4.42. The second-order valence-electron chi connectivity index (χ2n) is 6.21. The van der Waals surface area contributed by atoms with Crippen molar-refractivity contribution in [2.24, 2.45) is 5.73 Å². The third kappa shape index (κ3) is 3.88. The van der Waals surface area contributed by atoms with E-state index in [2.05, 4.69) is 4.98 Å². The highest BCUT2D eigenvalue weighted by Gasteiger charge is 2.23. The number of nitrogens with two attached hydrogens (primary N) is 1. The maximum atomic E-state index is 12.9. The summed E-state index contributed by atoms with van der Waals surface area (Å²) in [4.78, 5) is 29.1. The van der Waals surface area contributed by atoms with Crippen molar-refractivity contribution in [3.05, 3.63) is 71.9 Å². The van der Waals surface area contributed by atoms with Crippen LogP contribution < -0.4 is 5.73 Å². The third-order valence-electron chi connectivity index (χ3n) is 4.42. The number of rotatable bonds is 6. The number of nitrogens with one attached hydrogen (secondary N) is 1. The van der Waals surface area contributed by atoms with Gasteiger partial charge in [-0.3, -0.25) is 9.59 Å². The second-order valence-corrected chi connectivity index (χ2v) is 6.21. The van der Waals surface area contributed by atoms with Gasteiger partial charge in [0.15, 0.2) is 0 Å². The van der Waals surface area contributed by atoms with Crippen molar-refractivity contribution in [3.8, 4) is 0 Å². The molecular weight excluding hydrogens is 314 g/mol. The van der Waals surface area contributed by atoms with Gasteiger partial charge in [-0.25, -0.2) is 0 Å². The van der Waals surface area contributed by atoms with E-state index in [9.17, 15) is 9.59 Å². The molecule has 2 aromatic carbocycles. The van der Waals surface area contributed by atoms with E-state index in [-0.39, 0.29) is 18.4 Å². The smallest absolute Gasteiger partial charge is 0.253 e. The van der Waals surface area contributed by atoms with E-state index < -0.39 is 5.91 Å². The number of aromatic amines is 1. The molecule has 0 saturated heterocycles. The summed E-state index contributed by atoms with van der Waals surface area (Å²) in [5.41, 5.74) is 8.05. The Labute approximate surface area is 146 Å². The maximum absolute atomic E-state index is 12.9. The van der Waals surface area contributed by atoms with Crippen molar-refractivity contribution in [3.63, 3.8) is 0 Å². The highest BCUT2D eigenvalue weighted by Crippen LogP contribution is 2.18. The molecule has 0 bridgehead atoms. The number of carbonyl (C=O) groups excluding carboxylic acids is 2. The first-order valence-electron chi connectivity index (χ1n) is 8.21. The molecule has 3 aromatic rings. The summed E-state index contributed by atoms with van der Waals surface area (Å²) < 4.78 is 0. The van der Waals surface area contributed by atoms with Crippen molar-refractivity contribution in [1.29, 1.82) is 0 Å². The lowest BCUT2D eigenvalue weighted by Crippen LogP contribution is -2.41. The number of carbonyl (C=O) groups is 2. The van der Waals surface area contributed by atoms with Gasteiger partial charge in [-0.2, -0.15) is 0 Å². The fraction of sp³-hybridized carbons (Fsp3) is 0.200. The normalized spacial score (nSPS) is 12.0. The van der Waals surface area contributed by atoms with Gasteiger partial charge in [-0.05, 0) is 36.2 Å². The molecule has 2 amide bonds. The molecule has 25 heavy (non-hydrogen) atoms. The molecule has 128 valence electrons. The van der Waals surface area contributed by atoms with Crippen LogP contribution in [-0.2, 0) is 11.2 Å². The van der Waals surface area contributed by atoms with Gasteiger partial charge in [0.2, 0.25) is 5.91 Å². The van der Waals surface area contributed by atoms with Gasteiger partial charge in [0, 0.05) is 42.2 Å². The van der Waals surface area contributed by atoms with Crippen LogP contribution in [0.25, 0.3) is 10.9 Å². The average molecular weight is 335 g/mol. The number of H-pyrrole nitrogens is 1. The summed E-state index contributed by atoms with van der Waals surface area (Å²) in [7, 11) is 1.72. The minimum atomic E-state index is -0.415. The van der Waals surface area contributed by atoms with Crippen LogP contribution in [0.4, 0.5) is 0 Å². The molecule has 0 aliphatic heterocycles. The second kappa shape index (κ2) is 7.21. The number of likely N-dealkylation sites (N-methyl/N-ethyl adjacent to an activating group) is 1. The van der Waals surface area contributed by atoms with Crippen molar-refractivity contribution < 1.29 is 9.59 Å². The molecule has 1 heterocycles. The highest BCUT2D eigenvalue weighted by molar-refractivity contribution is 5.98. The van der Waals surface area contributed by atoms with Gasteiger partial charge in [0.1, 0.15) is 0 Å². The average Bonchev–Trinajstić information content (AvgIpc) is 3.08. The minimum absolute atomic E-state index is 0.120. The molecule has 1 unspecified atom stereocenters. The molecule has 0 saturated carbocycles. The zero-order valence-electron chi connectivity index (χ0n) is 14.1. The Morgan fingerprint density at radius 2 is 1.88 bits per heavy atom. The summed E-state index contributed by atoms with van der Waals surface area (Å²) in [6, 6.07) is 17.0. The molecule has 0 fully saturated rings. The molecule has 1 atom stereocenters. The summed E-state index contributed by atoms with van der Waals surface area (Å²) in [6.07, 6.45) is 2.55. The summed E-state index contributed by atoms with van der Waals surface area (Å²) in [5, 5.41) is 0.980. The Kier molecular flexibility index (Phi) is 4.84. The number of fused-ring (bicyclic) bond motifs is 1. The van der Waals surface area contributed by atoms with Crippen LogP contribution in [-0.4, -0.2) is 34.8 Å². The SMILES string of the molecule is CN(C(=O)c1ccc2[nH]ccc2c1)C(CC(N)=O)Cc1ccccc1. The molecule has 0 radical (unpaired) electrons. The lowest BCUT2D eigenvalue weighted by Gasteiger charge is -2.28. The Morgan fingerprint density at radius 3 is 2.60 bits per heavy atom. The summed E-state index contributed by atoms with van der Waals surface area (Å²) in [6.45, 7) is 0. The Hall–Kier alpha value is -3.08. The first-order chi connectivity index (χ1) is 12.0. The monoisotopic (exact) mass is 335 g/mol. The Bertz CT molecular complexity index is 886. The van der Waals surface area contributed by atoms with Crippen LogP contribution in [0, 0.1) is 0 Å². The van der Waals surface area contributed by atoms with Crippen LogP contribution in [0.15, 0.2) is 60.8 Å². The fourth-order valence-electron chi connectivity index (χ4n) is 3.02. The Balaban J connectivity index is 1.83. The van der Waals surface area contributed by atoms with Gasteiger partial charge in [-0.1, -0.05) is 30.3 Å². The quantitative estimate of drug-likeness (QED) is 0.726. The fourth-order valence-corrected chi connectivity index (χ4v) is 3.02. The predicted molar refractivity (Wildman–Crippen MR) is 98.1 cm³/mol. The van der Waals surface area contributed by atoms with Crippen molar-refractivity contribution in [2.45, 2.75) is 18.9 Å². The van der Waals surface area contributed by atoms with E-state index in [4.69, 9.17) is 5.73 Å². The molecule has 1 aromatic heterocycles. The molecular formula is C20H21N3O2. The standard InChI is InChI=1S/C20H21N3O2/c1-23(17(13-19(21)24)11-14-5-3-2-4-6-14)20(25)16-7-8-18-15(12-16)9-10-22-18/h2-10,12,17,22H,11,13H2,1H3,(H2,21,24). The lowest BCUT2D eigenvalue weighted by atomic mass is 10.0. The van der Waals surface area contributed by atoms with Gasteiger partial charge in [0.05, 0.1) is 0 Å². The van der Waals surface area contributed by atoms with E-state index in [0.717, 1.165) is 16.5 Å². The van der Waals surface area contributed by atoms with Crippen LogP contribution >= 0.6 is 0 Å². The highest BCUT2D eigenvalue weighted by atomic mass is 16.2. The van der Waals surface area contributed by atoms with E-state index in [1.54, 1.807) is 18.0 Å². The summed E-state index contributed by atoms with van der Waals surface area (Å²) >= 11 is 0. The van der Waals surface area contributed by atoms with Crippen molar-refractivity contribution >= 4 is 22.7 Å². The number of primary amides is 1. The first-order valence-corrected chi connectivity index (χ1v) is 8.21. The van der Waals surface area contributed by atoms with Gasteiger partial charge in [0.25, 0.3) is 5.91 Å². The first kappa shape index (κ1) is 16.8. The number of amides is 2. The van der Waals surface area contributed by atoms with Crippen LogP contribution in [0.1, 0.15) is 22.3 Å².